The molecule has 0 unspecified atom stereocenters. The van der Waals surface area contributed by atoms with E-state index in [4.69, 9.17) is 16.1 Å². The van der Waals surface area contributed by atoms with Crippen LogP contribution in [0.4, 0.5) is 6.01 Å². The molecule has 27 heavy (non-hydrogen) atoms. The van der Waals surface area contributed by atoms with E-state index in [1.807, 2.05) is 12.1 Å². The Labute approximate surface area is 164 Å². The van der Waals surface area contributed by atoms with E-state index >= 15 is 0 Å². The van der Waals surface area contributed by atoms with E-state index in [0.29, 0.717) is 29.3 Å². The fraction of sp³-hybridized carbons (Fsp3) is 0.556. The Morgan fingerprint density at radius 3 is 2.67 bits per heavy atom. The lowest BCUT2D eigenvalue weighted by Crippen LogP contribution is -2.37. The van der Waals surface area contributed by atoms with Crippen LogP contribution >= 0.6 is 11.6 Å². The zero-order valence-electron chi connectivity index (χ0n) is 15.5. The van der Waals surface area contributed by atoms with Crippen molar-refractivity contribution in [1.82, 2.24) is 14.9 Å². The number of benzene rings is 1. The van der Waals surface area contributed by atoms with Gasteiger partial charge in [0.25, 0.3) is 0 Å². The molecule has 0 radical (unpaired) electrons. The zero-order valence-corrected chi connectivity index (χ0v) is 17.1. The molecule has 1 aromatic carbocycles. The lowest BCUT2D eigenvalue weighted by Gasteiger charge is -2.28. The van der Waals surface area contributed by atoms with Crippen LogP contribution in [0.1, 0.15) is 39.5 Å². The van der Waals surface area contributed by atoms with Crippen molar-refractivity contribution in [3.63, 3.8) is 0 Å². The van der Waals surface area contributed by atoms with Crippen LogP contribution in [0.25, 0.3) is 11.4 Å². The summed E-state index contributed by atoms with van der Waals surface area (Å²) in [6, 6.07) is 7.95. The van der Waals surface area contributed by atoms with E-state index in [-0.39, 0.29) is 6.04 Å². The molecule has 9 heteroatoms. The molecule has 1 aromatic heterocycles. The van der Waals surface area contributed by atoms with Crippen molar-refractivity contribution in [3.05, 3.63) is 29.3 Å². The van der Waals surface area contributed by atoms with Crippen LogP contribution in [0.3, 0.4) is 0 Å². The van der Waals surface area contributed by atoms with Gasteiger partial charge in [0.2, 0.25) is 15.8 Å². The Bertz CT molecular complexity index is 861. The molecule has 7 nitrogen and oxygen atoms in total. The molecule has 0 atom stereocenters. The second kappa shape index (κ2) is 8.58. The molecule has 0 saturated heterocycles. The number of hydrogen-bond acceptors (Lipinski definition) is 6. The molecule has 0 amide bonds. The lowest BCUT2D eigenvalue weighted by atomic mass is 9.86. The van der Waals surface area contributed by atoms with Crippen molar-refractivity contribution >= 4 is 27.6 Å². The van der Waals surface area contributed by atoms with Crippen molar-refractivity contribution in [2.24, 2.45) is 5.92 Å². The van der Waals surface area contributed by atoms with Gasteiger partial charge in [-0.05, 0) is 57.6 Å². The van der Waals surface area contributed by atoms with Crippen molar-refractivity contribution in [3.8, 4) is 11.4 Å². The maximum absolute atomic E-state index is 11.9. The van der Waals surface area contributed by atoms with Crippen LogP contribution in [0.5, 0.6) is 0 Å². The van der Waals surface area contributed by atoms with E-state index in [1.54, 1.807) is 26.0 Å². The van der Waals surface area contributed by atoms with Crippen molar-refractivity contribution in [2.75, 3.05) is 11.9 Å². The largest absolute Gasteiger partial charge is 0.335 e. The van der Waals surface area contributed by atoms with Gasteiger partial charge in [-0.15, -0.1) is 0 Å². The molecule has 1 fully saturated rings. The predicted octanol–water partition coefficient (Wildman–Crippen LogP) is 3.69. The first-order valence-electron chi connectivity index (χ1n) is 9.18. The lowest BCUT2D eigenvalue weighted by molar-refractivity contribution is 0.330. The van der Waals surface area contributed by atoms with Gasteiger partial charge >= 0.3 is 6.01 Å². The van der Waals surface area contributed by atoms with E-state index < -0.39 is 15.3 Å². The number of halogens is 1. The first kappa shape index (κ1) is 20.1. The number of nitrogens with zero attached hydrogens (tertiary/aromatic N) is 2. The van der Waals surface area contributed by atoms with Gasteiger partial charge < -0.3 is 9.84 Å². The highest BCUT2D eigenvalue weighted by molar-refractivity contribution is 7.90. The summed E-state index contributed by atoms with van der Waals surface area (Å²) in [4.78, 5) is 4.38. The van der Waals surface area contributed by atoms with Crippen LogP contribution in [0.15, 0.2) is 28.8 Å². The third kappa shape index (κ3) is 5.43. The number of aromatic nitrogens is 2. The molecule has 0 aliphatic heterocycles. The molecule has 2 N–H and O–H groups in total. The van der Waals surface area contributed by atoms with Crippen molar-refractivity contribution in [2.45, 2.75) is 50.8 Å². The Morgan fingerprint density at radius 1 is 1.26 bits per heavy atom. The van der Waals surface area contributed by atoms with E-state index in [0.717, 1.165) is 31.2 Å². The normalized spacial score (nSPS) is 20.7. The third-order valence-electron chi connectivity index (χ3n) is 4.88. The van der Waals surface area contributed by atoms with Crippen LogP contribution in [0, 0.1) is 5.92 Å². The van der Waals surface area contributed by atoms with Gasteiger partial charge in [0.15, 0.2) is 0 Å². The number of anilines is 1. The van der Waals surface area contributed by atoms with Crippen LogP contribution < -0.4 is 10.0 Å². The van der Waals surface area contributed by atoms with Gasteiger partial charge in [0.05, 0.1) is 5.25 Å². The Hall–Kier alpha value is -1.64. The smallest absolute Gasteiger partial charge is 0.322 e. The number of hydrogen-bond donors (Lipinski definition) is 2. The van der Waals surface area contributed by atoms with Gasteiger partial charge in [0, 0.05) is 23.2 Å². The minimum Gasteiger partial charge on any atom is -0.335 e. The SMILES string of the molecule is CC(C)S(=O)(=O)NCC1CCC(Nc2nc(-c3cccc(Cl)c3)no2)CC1. The van der Waals surface area contributed by atoms with Crippen LogP contribution in [-0.4, -0.2) is 36.4 Å². The Morgan fingerprint density at radius 2 is 2.00 bits per heavy atom. The summed E-state index contributed by atoms with van der Waals surface area (Å²) in [6.07, 6.45) is 3.77. The molecular formula is C18H25ClN4O3S. The fourth-order valence-electron chi connectivity index (χ4n) is 3.11. The quantitative estimate of drug-likeness (QED) is 0.719. The molecule has 1 heterocycles. The summed E-state index contributed by atoms with van der Waals surface area (Å²) in [5.41, 5.74) is 0.806. The van der Waals surface area contributed by atoms with Gasteiger partial charge in [0.1, 0.15) is 0 Å². The minimum absolute atomic E-state index is 0.246. The third-order valence-corrected chi connectivity index (χ3v) is 6.92. The Kier molecular flexibility index (Phi) is 6.39. The minimum atomic E-state index is -3.19. The summed E-state index contributed by atoms with van der Waals surface area (Å²) in [5, 5.41) is 7.50. The number of nitrogens with one attached hydrogen (secondary N) is 2. The molecular weight excluding hydrogens is 388 g/mol. The van der Waals surface area contributed by atoms with Crippen molar-refractivity contribution < 1.29 is 12.9 Å². The average molecular weight is 413 g/mol. The molecule has 3 rings (SSSR count). The maximum Gasteiger partial charge on any atom is 0.322 e. The first-order chi connectivity index (χ1) is 12.8. The predicted molar refractivity (Wildman–Crippen MR) is 106 cm³/mol. The van der Waals surface area contributed by atoms with Gasteiger partial charge in [-0.1, -0.05) is 28.9 Å². The topological polar surface area (TPSA) is 97.1 Å². The molecule has 1 aliphatic carbocycles. The first-order valence-corrected chi connectivity index (χ1v) is 11.1. The summed E-state index contributed by atoms with van der Waals surface area (Å²) in [7, 11) is -3.19. The average Bonchev–Trinajstić information content (AvgIpc) is 3.10. The fourth-order valence-corrected chi connectivity index (χ4v) is 4.10. The van der Waals surface area contributed by atoms with Crippen LogP contribution in [-0.2, 0) is 10.0 Å². The summed E-state index contributed by atoms with van der Waals surface area (Å²) >= 11 is 6.00. The number of sulfonamides is 1. The second-order valence-corrected chi connectivity index (χ2v) is 10.00. The van der Waals surface area contributed by atoms with E-state index in [9.17, 15) is 8.42 Å². The molecule has 1 aliphatic rings. The highest BCUT2D eigenvalue weighted by atomic mass is 35.5. The Balaban J connectivity index is 1.49. The van der Waals surface area contributed by atoms with Gasteiger partial charge in [-0.2, -0.15) is 4.98 Å². The molecule has 0 bridgehead atoms. The molecule has 2 aromatic rings. The zero-order chi connectivity index (χ0) is 19.4. The van der Waals surface area contributed by atoms with Crippen LogP contribution in [0.2, 0.25) is 5.02 Å². The summed E-state index contributed by atoms with van der Waals surface area (Å²) in [5.74, 6) is 0.859. The molecule has 0 spiro atoms. The highest BCUT2D eigenvalue weighted by Crippen LogP contribution is 2.27. The second-order valence-electron chi connectivity index (χ2n) is 7.24. The standard InChI is InChI=1S/C18H25ClN4O3S/c1-12(2)27(24,25)20-11-13-6-8-16(9-7-13)21-18-22-17(23-26-18)14-4-3-5-15(19)10-14/h3-5,10,12-13,16,20H,6-9,11H2,1-2H3,(H,21,22,23). The van der Waals surface area contributed by atoms with Gasteiger partial charge in [-0.3, -0.25) is 0 Å². The van der Waals surface area contributed by atoms with Crippen molar-refractivity contribution in [1.29, 1.82) is 0 Å². The number of rotatable bonds is 7. The summed E-state index contributed by atoms with van der Waals surface area (Å²) in [6.45, 7) is 3.88. The van der Waals surface area contributed by atoms with E-state index in [1.165, 1.54) is 0 Å². The maximum atomic E-state index is 11.9. The van der Waals surface area contributed by atoms with Gasteiger partial charge in [-0.25, -0.2) is 13.1 Å². The monoisotopic (exact) mass is 412 g/mol. The van der Waals surface area contributed by atoms with E-state index in [2.05, 4.69) is 20.2 Å². The molecule has 148 valence electrons. The summed E-state index contributed by atoms with van der Waals surface area (Å²) < 4.78 is 31.7. The molecule has 1 saturated carbocycles. The highest BCUT2D eigenvalue weighted by Gasteiger charge is 2.24.